The molecule has 0 saturated heterocycles. The molecule has 2 amide bonds. The molecule has 8 nitrogen and oxygen atoms in total. The van der Waals surface area contributed by atoms with E-state index in [0.717, 1.165) is 52.9 Å². The lowest BCUT2D eigenvalue weighted by Gasteiger charge is -2.20. The molecule has 5 rings (SSSR count). The third-order valence-electron chi connectivity index (χ3n) is 9.16. The number of anilines is 2. The fraction of sp³-hybridized carbons (Fsp3) is 0.273. The number of hydrogen-bond donors (Lipinski definition) is 4. The fourth-order valence-electron chi connectivity index (χ4n) is 6.19. The molecule has 9 heteroatoms. The first kappa shape index (κ1) is 38.7. The molecule has 4 aromatic carbocycles. The van der Waals surface area contributed by atoms with Crippen molar-refractivity contribution in [2.75, 3.05) is 10.6 Å². The number of carbonyl (C=O) groups excluding carboxylic acids is 2. The number of para-hydroxylation sites is 2. The summed E-state index contributed by atoms with van der Waals surface area (Å²) >= 11 is 1.37. The maximum Gasteiger partial charge on any atom is 0.257 e. The van der Waals surface area contributed by atoms with E-state index in [2.05, 4.69) is 90.3 Å². The van der Waals surface area contributed by atoms with Gasteiger partial charge in [-0.25, -0.2) is 0 Å². The number of carbonyl (C=O) groups is 2. The van der Waals surface area contributed by atoms with Crippen molar-refractivity contribution < 1.29 is 29.5 Å². The predicted molar refractivity (Wildman–Crippen MR) is 216 cm³/mol. The van der Waals surface area contributed by atoms with E-state index in [1.54, 1.807) is 61.0 Å². The number of rotatable bonds is 12. The highest BCUT2D eigenvalue weighted by Crippen LogP contribution is 2.34. The Hall–Kier alpha value is -5.54. The minimum absolute atomic E-state index is 0.211. The number of nitrogens with one attached hydrogen (secondary N) is 2. The predicted octanol–water partition coefficient (Wildman–Crippen LogP) is 11.1. The molecule has 4 N–H and O–H groups in total. The number of nitrogens with zero attached hydrogens (tertiary/aromatic N) is 2. The third kappa shape index (κ3) is 9.28. The molecule has 0 aliphatic rings. The van der Waals surface area contributed by atoms with Crippen molar-refractivity contribution in [2.24, 2.45) is 0 Å². The van der Waals surface area contributed by atoms with Crippen molar-refractivity contribution in [1.82, 2.24) is 0 Å². The van der Waals surface area contributed by atoms with Crippen LogP contribution in [0.1, 0.15) is 132 Å². The highest BCUT2D eigenvalue weighted by atomic mass is 32.1. The minimum atomic E-state index is -0.211. The Labute approximate surface area is 316 Å². The summed E-state index contributed by atoms with van der Waals surface area (Å²) in [5.74, 6) is 0.595. The third-order valence-corrected chi connectivity index (χ3v) is 10.1. The maximum atomic E-state index is 13.3. The van der Waals surface area contributed by atoms with Gasteiger partial charge in [0.1, 0.15) is 0 Å². The molecule has 0 fully saturated rings. The summed E-state index contributed by atoms with van der Waals surface area (Å²) in [5, 5.41) is 27.9. The lowest BCUT2D eigenvalue weighted by Crippen LogP contribution is -2.16. The minimum Gasteiger partial charge on any atom is -0.321 e. The van der Waals surface area contributed by atoms with Crippen LogP contribution in [0.25, 0.3) is 0 Å². The molecule has 0 aliphatic carbocycles. The molecule has 0 saturated carbocycles. The first-order chi connectivity index (χ1) is 25.2. The molecule has 0 spiro atoms. The zero-order chi connectivity index (χ0) is 38.4. The summed E-state index contributed by atoms with van der Waals surface area (Å²) < 4.78 is 2.01. The Balaban J connectivity index is 1.25. The average Bonchev–Trinajstić information content (AvgIpc) is 3.57. The topological polar surface area (TPSA) is 105 Å². The second-order valence-electron chi connectivity index (χ2n) is 14.4. The SMILES string of the molecule is CC(C)c1cccc(C(C)C)c1NC(=O)c1ccc(/[N+](O)=C/c2ccc(/C=[N+](/O)c3ccc(C(=O)Nc4c(C(C)C)cccc4C(C)C)cc3)s2)cc1. The zero-order valence-electron chi connectivity index (χ0n) is 31.7. The van der Waals surface area contributed by atoms with E-state index >= 15 is 0 Å². The van der Waals surface area contributed by atoms with Gasteiger partial charge in [-0.15, -0.1) is 11.3 Å². The highest BCUT2D eigenvalue weighted by Gasteiger charge is 2.20. The Bertz CT molecular complexity index is 1940. The molecule has 53 heavy (non-hydrogen) atoms. The van der Waals surface area contributed by atoms with Crippen molar-refractivity contribution in [2.45, 2.75) is 79.1 Å². The van der Waals surface area contributed by atoms with Crippen molar-refractivity contribution in [3.63, 3.8) is 0 Å². The van der Waals surface area contributed by atoms with Gasteiger partial charge < -0.3 is 10.6 Å². The van der Waals surface area contributed by atoms with Gasteiger partial charge in [0.2, 0.25) is 12.4 Å². The lowest BCUT2D eigenvalue weighted by molar-refractivity contribution is -0.709. The Morgan fingerprint density at radius 1 is 0.509 bits per heavy atom. The summed E-state index contributed by atoms with van der Waals surface area (Å²) in [6.07, 6.45) is 3.14. The van der Waals surface area contributed by atoms with Gasteiger partial charge in [0, 0.05) is 56.2 Å². The van der Waals surface area contributed by atoms with Gasteiger partial charge in [0.15, 0.2) is 0 Å². The van der Waals surface area contributed by atoms with Gasteiger partial charge in [-0.1, -0.05) is 91.8 Å². The van der Waals surface area contributed by atoms with Crippen LogP contribution in [0.2, 0.25) is 0 Å². The molecule has 5 aromatic rings. The number of benzene rings is 4. The van der Waals surface area contributed by atoms with E-state index in [-0.39, 0.29) is 35.5 Å². The van der Waals surface area contributed by atoms with E-state index in [4.69, 9.17) is 0 Å². The first-order valence-electron chi connectivity index (χ1n) is 18.1. The second kappa shape index (κ2) is 16.9. The summed E-state index contributed by atoms with van der Waals surface area (Å²) in [6.45, 7) is 16.9. The van der Waals surface area contributed by atoms with E-state index in [1.807, 2.05) is 24.3 Å². The van der Waals surface area contributed by atoms with Crippen LogP contribution in [0.15, 0.2) is 97.1 Å². The van der Waals surface area contributed by atoms with Crippen molar-refractivity contribution >= 4 is 58.3 Å². The molecule has 0 aliphatic heterocycles. The number of hydrogen-bond acceptors (Lipinski definition) is 5. The Morgan fingerprint density at radius 3 is 1.09 bits per heavy atom. The summed E-state index contributed by atoms with van der Waals surface area (Å²) in [4.78, 5) is 28.0. The van der Waals surface area contributed by atoms with Crippen molar-refractivity contribution in [3.8, 4) is 0 Å². The zero-order valence-corrected chi connectivity index (χ0v) is 32.5. The summed E-state index contributed by atoms with van der Waals surface area (Å²) in [6, 6.07) is 29.5. The largest absolute Gasteiger partial charge is 0.321 e. The molecular formula is C44H50N4O4S+2. The molecular weight excluding hydrogens is 681 g/mol. The molecule has 0 atom stereocenters. The van der Waals surface area contributed by atoms with Crippen LogP contribution in [0.4, 0.5) is 22.7 Å². The number of thiophene rings is 1. The molecule has 0 bridgehead atoms. The van der Waals surface area contributed by atoms with Crippen LogP contribution in [0, 0.1) is 0 Å². The van der Waals surface area contributed by atoms with Crippen molar-refractivity contribution in [1.29, 1.82) is 0 Å². The van der Waals surface area contributed by atoms with Crippen LogP contribution >= 0.6 is 11.3 Å². The van der Waals surface area contributed by atoms with Crippen LogP contribution < -0.4 is 10.6 Å². The van der Waals surface area contributed by atoms with Crippen molar-refractivity contribution in [3.05, 3.63) is 140 Å². The first-order valence-corrected chi connectivity index (χ1v) is 18.9. The summed E-state index contributed by atoms with van der Waals surface area (Å²) in [5.41, 5.74) is 8.05. The Kier molecular flexibility index (Phi) is 12.3. The molecule has 0 unspecified atom stereocenters. The normalized spacial score (nSPS) is 12.2. The van der Waals surface area contributed by atoms with Crippen LogP contribution in [-0.4, -0.2) is 44.1 Å². The molecule has 1 heterocycles. The van der Waals surface area contributed by atoms with E-state index in [9.17, 15) is 20.0 Å². The average molecular weight is 731 g/mol. The lowest BCUT2D eigenvalue weighted by atomic mass is 9.92. The second-order valence-corrected chi connectivity index (χ2v) is 15.6. The van der Waals surface area contributed by atoms with Gasteiger partial charge in [0.25, 0.3) is 23.2 Å². The smallest absolute Gasteiger partial charge is 0.257 e. The van der Waals surface area contributed by atoms with E-state index in [1.165, 1.54) is 11.3 Å². The van der Waals surface area contributed by atoms with Gasteiger partial charge in [-0.05, 0) is 82.3 Å². The standard InChI is InChI=1S/C44H48N4O4S/c1-27(2)37-11-9-12-38(28(3)4)41(37)45-43(49)31-15-19-33(20-16-31)47(51)25-35-23-24-36(53-35)26-48(52)34-21-17-32(18-22-34)44(50)46-42-39(29(5)6)13-10-14-40(42)30(7)8/h9-30H,1-8H3,(H2-2,45,46,49,50,51,52)/p+2. The van der Waals surface area contributed by atoms with E-state index < -0.39 is 0 Å². The van der Waals surface area contributed by atoms with Crippen LogP contribution in [0.5, 0.6) is 0 Å². The number of amides is 2. The van der Waals surface area contributed by atoms with Gasteiger partial charge >= 0.3 is 0 Å². The Morgan fingerprint density at radius 2 is 0.811 bits per heavy atom. The monoisotopic (exact) mass is 730 g/mol. The summed E-state index contributed by atoms with van der Waals surface area (Å²) in [7, 11) is 0. The van der Waals surface area contributed by atoms with Gasteiger partial charge in [0.05, 0.1) is 9.75 Å². The quantitative estimate of drug-likeness (QED) is 0.0444. The van der Waals surface area contributed by atoms with Crippen LogP contribution in [-0.2, 0) is 0 Å². The van der Waals surface area contributed by atoms with Gasteiger partial charge in [-0.3, -0.25) is 20.0 Å². The molecule has 0 radical (unpaired) electrons. The van der Waals surface area contributed by atoms with Gasteiger partial charge in [-0.2, -0.15) is 0 Å². The van der Waals surface area contributed by atoms with E-state index in [0.29, 0.717) is 22.5 Å². The highest BCUT2D eigenvalue weighted by molar-refractivity contribution is 7.15. The fourth-order valence-corrected chi connectivity index (χ4v) is 7.04. The van der Waals surface area contributed by atoms with Crippen LogP contribution in [0.3, 0.4) is 0 Å². The molecule has 274 valence electrons. The maximum absolute atomic E-state index is 13.3. The molecule has 1 aromatic heterocycles.